The highest BCUT2D eigenvalue weighted by molar-refractivity contribution is 6.37. The van der Waals surface area contributed by atoms with Crippen LogP contribution in [0, 0.1) is 0 Å². The molecular weight excluding hydrogens is 475 g/mol. The van der Waals surface area contributed by atoms with Gasteiger partial charge in [0.25, 0.3) is 0 Å². The summed E-state index contributed by atoms with van der Waals surface area (Å²) in [5.74, 6) is -1.04. The Kier molecular flexibility index (Phi) is 7.80. The molecule has 2 aromatic rings. The average Bonchev–Trinajstić information content (AvgIpc) is 2.80. The van der Waals surface area contributed by atoms with E-state index in [0.29, 0.717) is 17.1 Å². The number of amides is 1. The summed E-state index contributed by atoms with van der Waals surface area (Å²) in [6.07, 6.45) is 0. The molecule has 0 spiro atoms. The Hall–Kier alpha value is -3.27. The molecule has 0 radical (unpaired) electrons. The van der Waals surface area contributed by atoms with Crippen LogP contribution in [0.4, 0.5) is 11.4 Å². The maximum Gasteiger partial charge on any atom is 0.355 e. The van der Waals surface area contributed by atoms with E-state index in [1.807, 2.05) is 0 Å². The van der Waals surface area contributed by atoms with Gasteiger partial charge in [0.2, 0.25) is 5.91 Å². The van der Waals surface area contributed by atoms with E-state index in [4.69, 9.17) is 42.1 Å². The van der Waals surface area contributed by atoms with Crippen LogP contribution in [0.2, 0.25) is 10.0 Å². The molecule has 1 N–H and O–H groups in total. The van der Waals surface area contributed by atoms with Crippen molar-refractivity contribution in [2.75, 3.05) is 37.8 Å². The molecule has 1 heterocycles. The van der Waals surface area contributed by atoms with Gasteiger partial charge in [0.15, 0.2) is 5.75 Å². The van der Waals surface area contributed by atoms with E-state index in [-0.39, 0.29) is 46.3 Å². The van der Waals surface area contributed by atoms with E-state index in [1.54, 1.807) is 24.3 Å². The molecule has 0 aliphatic carbocycles. The zero-order valence-corrected chi connectivity index (χ0v) is 19.5. The van der Waals surface area contributed by atoms with E-state index >= 15 is 0 Å². The fraction of sp³-hybridized carbons (Fsp3) is 0.227. The molecule has 1 amide bonds. The number of benzene rings is 2. The van der Waals surface area contributed by atoms with Crippen molar-refractivity contribution in [2.45, 2.75) is 6.92 Å². The number of carbonyl (C=O) groups excluding carboxylic acids is 3. The number of carbonyl (C=O) groups is 3. The summed E-state index contributed by atoms with van der Waals surface area (Å²) < 4.78 is 20.9. The molecule has 0 saturated heterocycles. The molecule has 0 bridgehead atoms. The number of halogens is 2. The monoisotopic (exact) mass is 494 g/mol. The van der Waals surface area contributed by atoms with Crippen LogP contribution < -0.4 is 15.0 Å². The second-order valence-electron chi connectivity index (χ2n) is 6.76. The number of nitrogens with zero attached hydrogens (tertiary/aromatic N) is 1. The highest BCUT2D eigenvalue weighted by Crippen LogP contribution is 2.41. The van der Waals surface area contributed by atoms with E-state index in [2.05, 4.69) is 5.32 Å². The zero-order valence-electron chi connectivity index (χ0n) is 17.9. The highest BCUT2D eigenvalue weighted by Gasteiger charge is 2.33. The molecule has 0 atom stereocenters. The van der Waals surface area contributed by atoms with Crippen molar-refractivity contribution in [2.24, 2.45) is 0 Å². The molecule has 0 unspecified atom stereocenters. The van der Waals surface area contributed by atoms with Gasteiger partial charge in [-0.3, -0.25) is 4.79 Å². The Morgan fingerprint density at radius 3 is 2.15 bits per heavy atom. The number of rotatable bonds is 6. The largest absolute Gasteiger partial charge is 0.466 e. The lowest BCUT2D eigenvalue weighted by molar-refractivity contribution is -0.140. The summed E-state index contributed by atoms with van der Waals surface area (Å²) in [5.41, 5.74) is 0.947. The second kappa shape index (κ2) is 10.6. The predicted octanol–water partition coefficient (Wildman–Crippen LogP) is 4.14. The second-order valence-corrected chi connectivity index (χ2v) is 7.58. The van der Waals surface area contributed by atoms with Crippen LogP contribution in [0.5, 0.6) is 11.5 Å². The van der Waals surface area contributed by atoms with Crippen LogP contribution in [-0.4, -0.2) is 45.4 Å². The summed E-state index contributed by atoms with van der Waals surface area (Å²) in [7, 11) is 2.40. The molecule has 3 rings (SSSR count). The fourth-order valence-corrected chi connectivity index (χ4v) is 3.63. The van der Waals surface area contributed by atoms with Crippen LogP contribution in [0.1, 0.15) is 6.92 Å². The van der Waals surface area contributed by atoms with E-state index in [0.717, 1.165) is 0 Å². The maximum absolute atomic E-state index is 12.5. The van der Waals surface area contributed by atoms with Crippen molar-refractivity contribution >= 4 is 52.4 Å². The van der Waals surface area contributed by atoms with Gasteiger partial charge in [-0.2, -0.15) is 0 Å². The van der Waals surface area contributed by atoms with Crippen molar-refractivity contribution in [3.63, 3.8) is 0 Å². The molecule has 0 saturated carbocycles. The zero-order chi connectivity index (χ0) is 24.1. The predicted molar refractivity (Wildman–Crippen MR) is 122 cm³/mol. The summed E-state index contributed by atoms with van der Waals surface area (Å²) in [6.45, 7) is 1.24. The SMILES string of the molecule is COC(=O)C1=C(C(=O)OC)N(c2cc(Cl)c(Oc3ccc(NC(C)=O)cc3)c(Cl)c2)COC1. The number of hydrogen-bond acceptors (Lipinski definition) is 8. The summed E-state index contributed by atoms with van der Waals surface area (Å²) in [6, 6.07) is 9.65. The summed E-state index contributed by atoms with van der Waals surface area (Å²) >= 11 is 12.9. The average molecular weight is 495 g/mol. The van der Waals surface area contributed by atoms with Gasteiger partial charge >= 0.3 is 11.9 Å². The van der Waals surface area contributed by atoms with E-state index in [1.165, 1.54) is 38.2 Å². The summed E-state index contributed by atoms with van der Waals surface area (Å²) in [5, 5.41) is 2.96. The Balaban J connectivity index is 1.93. The first-order valence-electron chi connectivity index (χ1n) is 9.54. The van der Waals surface area contributed by atoms with Gasteiger partial charge in [0, 0.05) is 18.3 Å². The Bertz CT molecular complexity index is 1090. The van der Waals surface area contributed by atoms with Crippen molar-refractivity contribution in [1.29, 1.82) is 0 Å². The number of ether oxygens (including phenoxy) is 4. The highest BCUT2D eigenvalue weighted by atomic mass is 35.5. The molecule has 1 aliphatic heterocycles. The topological polar surface area (TPSA) is 103 Å². The van der Waals surface area contributed by atoms with Crippen molar-refractivity contribution in [1.82, 2.24) is 0 Å². The van der Waals surface area contributed by atoms with Gasteiger partial charge in [-0.15, -0.1) is 0 Å². The van der Waals surface area contributed by atoms with Gasteiger partial charge in [-0.25, -0.2) is 9.59 Å². The van der Waals surface area contributed by atoms with E-state index < -0.39 is 11.9 Å². The number of anilines is 2. The third kappa shape index (κ3) is 5.57. The maximum atomic E-state index is 12.5. The van der Waals surface area contributed by atoms with Crippen molar-refractivity contribution in [3.05, 3.63) is 57.7 Å². The van der Waals surface area contributed by atoms with Crippen LogP contribution in [0.25, 0.3) is 0 Å². The minimum absolute atomic E-state index is 0.00225. The first-order chi connectivity index (χ1) is 15.7. The van der Waals surface area contributed by atoms with Crippen molar-refractivity contribution in [3.8, 4) is 11.5 Å². The molecule has 33 heavy (non-hydrogen) atoms. The quantitative estimate of drug-likeness (QED) is 0.597. The normalized spacial score (nSPS) is 13.4. The number of methoxy groups -OCH3 is 2. The molecule has 0 aromatic heterocycles. The molecule has 2 aromatic carbocycles. The van der Waals surface area contributed by atoms with Crippen LogP contribution in [-0.2, 0) is 28.6 Å². The van der Waals surface area contributed by atoms with Gasteiger partial charge in [-0.1, -0.05) is 23.2 Å². The smallest absolute Gasteiger partial charge is 0.355 e. The van der Waals surface area contributed by atoms with Gasteiger partial charge in [0.1, 0.15) is 18.2 Å². The first kappa shape index (κ1) is 24.4. The van der Waals surface area contributed by atoms with Gasteiger partial charge in [0.05, 0.1) is 36.4 Å². The number of nitrogens with one attached hydrogen (secondary N) is 1. The fourth-order valence-electron chi connectivity index (χ4n) is 3.07. The first-order valence-corrected chi connectivity index (χ1v) is 10.3. The molecular formula is C22H20Cl2N2O7. The van der Waals surface area contributed by atoms with Crippen LogP contribution in [0.3, 0.4) is 0 Å². The number of hydrogen-bond donors (Lipinski definition) is 1. The molecule has 11 heteroatoms. The minimum atomic E-state index is -0.745. The standard InChI is InChI=1S/C22H20Cl2N2O7/c1-12(27)25-13-4-6-15(7-5-13)33-20-17(23)8-14(9-18(20)24)26-11-32-10-16(21(28)30-2)19(26)22(29)31-3/h4-9H,10-11H2,1-3H3,(H,25,27). The van der Waals surface area contributed by atoms with Crippen molar-refractivity contribution < 1.29 is 33.3 Å². The van der Waals surface area contributed by atoms with Gasteiger partial charge in [-0.05, 0) is 36.4 Å². The molecule has 0 fully saturated rings. The third-order valence-corrected chi connectivity index (χ3v) is 5.08. The van der Waals surface area contributed by atoms with Crippen LogP contribution >= 0.6 is 23.2 Å². The Labute approximate surface area is 199 Å². The molecule has 9 nitrogen and oxygen atoms in total. The molecule has 1 aliphatic rings. The Morgan fingerprint density at radius 2 is 1.61 bits per heavy atom. The summed E-state index contributed by atoms with van der Waals surface area (Å²) in [4.78, 5) is 37.2. The molecule has 174 valence electrons. The van der Waals surface area contributed by atoms with Gasteiger partial charge < -0.3 is 29.2 Å². The lowest BCUT2D eigenvalue weighted by Gasteiger charge is -2.31. The lowest BCUT2D eigenvalue weighted by Crippen LogP contribution is -2.38. The minimum Gasteiger partial charge on any atom is -0.466 e. The van der Waals surface area contributed by atoms with E-state index in [9.17, 15) is 14.4 Å². The third-order valence-electron chi connectivity index (χ3n) is 4.52. The lowest BCUT2D eigenvalue weighted by atomic mass is 10.1. The van der Waals surface area contributed by atoms with Crippen LogP contribution in [0.15, 0.2) is 47.7 Å². The Morgan fingerprint density at radius 1 is 1.00 bits per heavy atom. The number of esters is 2.